The van der Waals surface area contributed by atoms with Crippen molar-refractivity contribution < 1.29 is 18.3 Å². The molecule has 4 nitrogen and oxygen atoms in total. The highest BCUT2D eigenvalue weighted by molar-refractivity contribution is 5.82. The quantitative estimate of drug-likeness (QED) is 0.874. The van der Waals surface area contributed by atoms with Crippen LogP contribution < -0.4 is 10.1 Å². The van der Waals surface area contributed by atoms with Gasteiger partial charge in [-0.15, -0.1) is 0 Å². The van der Waals surface area contributed by atoms with Crippen LogP contribution in [0.4, 0.5) is 8.78 Å². The maximum atomic E-state index is 13.6. The first-order chi connectivity index (χ1) is 13.6. The molecule has 2 aliphatic heterocycles. The average molecular weight is 386 g/mol. The Morgan fingerprint density at radius 2 is 1.68 bits per heavy atom. The first-order valence-corrected chi connectivity index (χ1v) is 9.78. The van der Waals surface area contributed by atoms with Gasteiger partial charge in [0.25, 0.3) is 5.91 Å². The number of hydrogen-bond acceptors (Lipinski definition) is 3. The van der Waals surface area contributed by atoms with Gasteiger partial charge in [-0.05, 0) is 49.9 Å². The molecule has 0 saturated carbocycles. The number of ether oxygens (including phenoxy) is 1. The second-order valence-corrected chi connectivity index (χ2v) is 7.57. The number of carbonyl (C=O) groups is 1. The van der Waals surface area contributed by atoms with Crippen LogP contribution in [0.15, 0.2) is 48.5 Å². The van der Waals surface area contributed by atoms with Crippen molar-refractivity contribution in [3.8, 4) is 5.75 Å². The van der Waals surface area contributed by atoms with Crippen LogP contribution in [0, 0.1) is 23.5 Å². The molecule has 4 rings (SSSR count). The minimum Gasteiger partial charge on any atom is -0.476 e. The zero-order valence-corrected chi connectivity index (χ0v) is 15.6. The van der Waals surface area contributed by atoms with Crippen molar-refractivity contribution in [2.24, 2.45) is 11.8 Å². The van der Waals surface area contributed by atoms with Crippen LogP contribution in [0.25, 0.3) is 0 Å². The zero-order chi connectivity index (χ0) is 19.5. The normalized spacial score (nSPS) is 23.0. The summed E-state index contributed by atoms with van der Waals surface area (Å²) in [5.74, 6) is -0.712. The Balaban J connectivity index is 1.56. The molecule has 1 amide bonds. The van der Waals surface area contributed by atoms with Gasteiger partial charge in [-0.2, -0.15) is 0 Å². The summed E-state index contributed by atoms with van der Waals surface area (Å²) in [6.45, 7) is 3.40. The van der Waals surface area contributed by atoms with E-state index in [4.69, 9.17) is 4.74 Å². The van der Waals surface area contributed by atoms with Gasteiger partial charge in [0.05, 0.1) is 0 Å². The Labute approximate surface area is 163 Å². The van der Waals surface area contributed by atoms with Crippen molar-refractivity contribution in [2.75, 3.05) is 26.2 Å². The van der Waals surface area contributed by atoms with Gasteiger partial charge in [-0.1, -0.05) is 30.3 Å². The SMILES string of the molecule is O=C(C(Oc1ccc(F)c(F)c1)c1ccccc1)N1CC[C@@H]2CNC[C@@H]2CC1. The fourth-order valence-corrected chi connectivity index (χ4v) is 4.18. The van der Waals surface area contributed by atoms with Gasteiger partial charge in [0, 0.05) is 24.7 Å². The molecule has 0 aliphatic carbocycles. The molecule has 3 atom stereocenters. The number of fused-ring (bicyclic) bond motifs is 1. The van der Waals surface area contributed by atoms with Gasteiger partial charge < -0.3 is 15.0 Å². The smallest absolute Gasteiger partial charge is 0.268 e. The molecule has 148 valence electrons. The molecule has 28 heavy (non-hydrogen) atoms. The minimum absolute atomic E-state index is 0.135. The fraction of sp³-hybridized carbons (Fsp3) is 0.409. The highest BCUT2D eigenvalue weighted by Crippen LogP contribution is 2.30. The fourth-order valence-electron chi connectivity index (χ4n) is 4.18. The van der Waals surface area contributed by atoms with Crippen LogP contribution in [0.5, 0.6) is 5.75 Å². The van der Waals surface area contributed by atoms with Gasteiger partial charge in [0.2, 0.25) is 6.10 Å². The summed E-state index contributed by atoms with van der Waals surface area (Å²) in [5.41, 5.74) is 0.698. The van der Waals surface area contributed by atoms with Crippen LogP contribution in [0.2, 0.25) is 0 Å². The number of nitrogens with zero attached hydrogens (tertiary/aromatic N) is 1. The van der Waals surface area contributed by atoms with Crippen molar-refractivity contribution in [1.29, 1.82) is 0 Å². The Morgan fingerprint density at radius 1 is 1.00 bits per heavy atom. The number of rotatable bonds is 4. The third kappa shape index (κ3) is 4.02. The van der Waals surface area contributed by atoms with E-state index in [1.807, 2.05) is 35.2 Å². The molecule has 0 radical (unpaired) electrons. The molecule has 2 aliphatic rings. The first-order valence-electron chi connectivity index (χ1n) is 9.78. The Kier molecular flexibility index (Phi) is 5.57. The van der Waals surface area contributed by atoms with E-state index < -0.39 is 17.7 Å². The van der Waals surface area contributed by atoms with Crippen molar-refractivity contribution in [3.63, 3.8) is 0 Å². The van der Waals surface area contributed by atoms with E-state index in [9.17, 15) is 13.6 Å². The maximum absolute atomic E-state index is 13.6. The van der Waals surface area contributed by atoms with Gasteiger partial charge in [0.15, 0.2) is 11.6 Å². The highest BCUT2D eigenvalue weighted by atomic mass is 19.2. The van der Waals surface area contributed by atoms with Gasteiger partial charge in [-0.25, -0.2) is 8.78 Å². The summed E-state index contributed by atoms with van der Waals surface area (Å²) < 4.78 is 32.7. The van der Waals surface area contributed by atoms with Gasteiger partial charge in [-0.3, -0.25) is 4.79 Å². The van der Waals surface area contributed by atoms with Crippen LogP contribution in [0.1, 0.15) is 24.5 Å². The average Bonchev–Trinajstić information content (AvgIpc) is 3.07. The Bertz CT molecular complexity index is 817. The summed E-state index contributed by atoms with van der Waals surface area (Å²) in [4.78, 5) is 15.2. The second kappa shape index (κ2) is 8.27. The number of benzene rings is 2. The number of amides is 1. The van der Waals surface area contributed by atoms with Gasteiger partial charge >= 0.3 is 0 Å². The largest absolute Gasteiger partial charge is 0.476 e. The maximum Gasteiger partial charge on any atom is 0.268 e. The number of halogens is 2. The zero-order valence-electron chi connectivity index (χ0n) is 15.6. The first kappa shape index (κ1) is 18.9. The Morgan fingerprint density at radius 3 is 2.32 bits per heavy atom. The van der Waals surface area contributed by atoms with Crippen molar-refractivity contribution >= 4 is 5.91 Å². The molecule has 0 bridgehead atoms. The van der Waals surface area contributed by atoms with E-state index in [2.05, 4.69) is 5.32 Å². The number of nitrogens with one attached hydrogen (secondary N) is 1. The van der Waals surface area contributed by atoms with E-state index >= 15 is 0 Å². The molecule has 0 aromatic heterocycles. The van der Waals surface area contributed by atoms with Gasteiger partial charge in [0.1, 0.15) is 5.75 Å². The molecule has 6 heteroatoms. The molecular formula is C22H24F2N2O2. The molecule has 0 spiro atoms. The van der Waals surface area contributed by atoms with E-state index in [1.54, 1.807) is 0 Å². The highest BCUT2D eigenvalue weighted by Gasteiger charge is 2.34. The minimum atomic E-state index is -0.994. The van der Waals surface area contributed by atoms with Crippen LogP contribution in [0.3, 0.4) is 0 Å². The third-order valence-corrected chi connectivity index (χ3v) is 5.80. The summed E-state index contributed by atoms with van der Waals surface area (Å²) >= 11 is 0. The molecule has 2 heterocycles. The predicted molar refractivity (Wildman–Crippen MR) is 102 cm³/mol. The monoisotopic (exact) mass is 386 g/mol. The van der Waals surface area contributed by atoms with E-state index in [1.165, 1.54) is 6.07 Å². The van der Waals surface area contributed by atoms with Crippen LogP contribution in [-0.2, 0) is 4.79 Å². The van der Waals surface area contributed by atoms with Crippen molar-refractivity contribution in [3.05, 3.63) is 65.7 Å². The lowest BCUT2D eigenvalue weighted by atomic mass is 9.92. The predicted octanol–water partition coefficient (Wildman–Crippen LogP) is 3.54. The summed E-state index contributed by atoms with van der Waals surface area (Å²) in [6, 6.07) is 12.5. The van der Waals surface area contributed by atoms with Crippen LogP contribution >= 0.6 is 0 Å². The number of carbonyl (C=O) groups excluding carboxylic acids is 1. The number of likely N-dealkylation sites (tertiary alicyclic amines) is 1. The molecule has 2 aromatic rings. The molecule has 2 aromatic carbocycles. The molecule has 1 N–H and O–H groups in total. The molecular weight excluding hydrogens is 362 g/mol. The standard InChI is InChI=1S/C22H24F2N2O2/c23-19-7-6-18(12-20(19)24)28-21(15-4-2-1-3-5-15)22(27)26-10-8-16-13-25-14-17(16)9-11-26/h1-7,12,16-17,21,25H,8-11,13-14H2/t16-,17+,21?. The summed E-state index contributed by atoms with van der Waals surface area (Å²) in [7, 11) is 0. The third-order valence-electron chi connectivity index (χ3n) is 5.80. The molecule has 2 fully saturated rings. The number of hydrogen-bond donors (Lipinski definition) is 1. The lowest BCUT2D eigenvalue weighted by Crippen LogP contribution is -2.38. The lowest BCUT2D eigenvalue weighted by Gasteiger charge is -2.27. The topological polar surface area (TPSA) is 41.6 Å². The lowest BCUT2D eigenvalue weighted by molar-refractivity contribution is -0.139. The van der Waals surface area contributed by atoms with E-state index in [0.29, 0.717) is 30.5 Å². The van der Waals surface area contributed by atoms with Crippen molar-refractivity contribution in [1.82, 2.24) is 10.2 Å². The Hall–Kier alpha value is -2.47. The molecule has 1 unspecified atom stereocenters. The second-order valence-electron chi connectivity index (χ2n) is 7.57. The summed E-state index contributed by atoms with van der Waals surface area (Å²) in [5, 5.41) is 3.43. The van der Waals surface area contributed by atoms with E-state index in [-0.39, 0.29) is 11.7 Å². The van der Waals surface area contributed by atoms with E-state index in [0.717, 1.165) is 38.1 Å². The van der Waals surface area contributed by atoms with Crippen molar-refractivity contribution in [2.45, 2.75) is 18.9 Å². The van der Waals surface area contributed by atoms with Crippen LogP contribution in [-0.4, -0.2) is 37.0 Å². The summed E-state index contributed by atoms with van der Waals surface area (Å²) in [6.07, 6.45) is 1.05. The molecule has 2 saturated heterocycles.